The summed E-state index contributed by atoms with van der Waals surface area (Å²) in [7, 11) is 0. The van der Waals surface area contributed by atoms with Crippen LogP contribution in [0.3, 0.4) is 0 Å². The van der Waals surface area contributed by atoms with Gasteiger partial charge in [-0.15, -0.1) is 5.10 Å². The minimum Gasteiger partial charge on any atom is -0.370 e. The third-order valence-corrected chi connectivity index (χ3v) is 2.84. The number of hydrogen-bond acceptors (Lipinski definition) is 6. The first-order valence-corrected chi connectivity index (χ1v) is 5.67. The molecular weight excluding hydrogens is 243 g/mol. The fraction of sp³-hybridized carbons (Fsp3) is 0.200. The molecule has 5 nitrogen and oxygen atoms in total. The maximum absolute atomic E-state index is 13.3. The summed E-state index contributed by atoms with van der Waals surface area (Å²) in [4.78, 5) is 0. The highest BCUT2D eigenvalue weighted by atomic mass is 32.1. The third-order valence-electron chi connectivity index (χ3n) is 2.14. The maximum atomic E-state index is 13.3. The van der Waals surface area contributed by atoms with Gasteiger partial charge in [0.2, 0.25) is 0 Å². The summed E-state index contributed by atoms with van der Waals surface area (Å²) in [6.07, 6.45) is 0. The minimum absolute atomic E-state index is 0.189. The molecule has 0 spiro atoms. The largest absolute Gasteiger partial charge is 0.370 e. The van der Waals surface area contributed by atoms with Gasteiger partial charge in [0.1, 0.15) is 16.5 Å². The van der Waals surface area contributed by atoms with Gasteiger partial charge in [-0.1, -0.05) is 22.7 Å². The summed E-state index contributed by atoms with van der Waals surface area (Å²) in [5, 5.41) is 4.50. The molecule has 17 heavy (non-hydrogen) atoms. The lowest BCUT2D eigenvalue weighted by Gasteiger charge is -2.04. The number of nitrogen functional groups attached to an aromatic ring is 1. The van der Waals surface area contributed by atoms with Crippen molar-refractivity contribution in [3.8, 4) is 0 Å². The summed E-state index contributed by atoms with van der Waals surface area (Å²) in [6.45, 7) is 0.429. The molecule has 0 saturated carbocycles. The lowest BCUT2D eigenvalue weighted by Crippen LogP contribution is -2.08. The number of halogens is 1. The second-order valence-corrected chi connectivity index (χ2v) is 4.03. The number of rotatable bonds is 5. The van der Waals surface area contributed by atoms with Gasteiger partial charge in [-0.3, -0.25) is 0 Å². The molecule has 2 aromatic rings. The smallest absolute Gasteiger partial charge is 0.149 e. The number of hydrogen-bond donors (Lipinski definition) is 2. The van der Waals surface area contributed by atoms with Gasteiger partial charge < -0.3 is 10.2 Å². The van der Waals surface area contributed by atoms with Crippen LogP contribution in [0.15, 0.2) is 24.3 Å². The summed E-state index contributed by atoms with van der Waals surface area (Å²) in [5.41, 5.74) is 3.61. The number of hydrazine groups is 1. The predicted molar refractivity (Wildman–Crippen MR) is 62.6 cm³/mol. The number of aromatic nitrogens is 2. The van der Waals surface area contributed by atoms with E-state index in [1.165, 1.54) is 6.07 Å². The highest BCUT2D eigenvalue weighted by molar-refractivity contribution is 7.10. The van der Waals surface area contributed by atoms with E-state index >= 15 is 0 Å². The molecule has 0 aliphatic carbocycles. The zero-order valence-electron chi connectivity index (χ0n) is 8.89. The van der Waals surface area contributed by atoms with Gasteiger partial charge in [-0.05, 0) is 6.07 Å². The topological polar surface area (TPSA) is 73.1 Å². The summed E-state index contributed by atoms with van der Waals surface area (Å²) in [6, 6.07) is 6.48. The van der Waals surface area contributed by atoms with Crippen LogP contribution in [-0.4, -0.2) is 9.59 Å². The van der Waals surface area contributed by atoms with Gasteiger partial charge in [0, 0.05) is 17.1 Å². The Morgan fingerprint density at radius 2 is 2.18 bits per heavy atom. The van der Waals surface area contributed by atoms with Crippen molar-refractivity contribution in [2.45, 2.75) is 13.2 Å². The number of benzene rings is 1. The Bertz CT molecular complexity index is 491. The molecule has 0 atom stereocenters. The molecule has 0 amide bonds. The molecule has 1 heterocycles. The van der Waals surface area contributed by atoms with E-state index in [1.807, 2.05) is 0 Å². The first-order chi connectivity index (χ1) is 8.31. The van der Waals surface area contributed by atoms with Crippen LogP contribution in [0.5, 0.6) is 0 Å². The number of nitrogens with zero attached hydrogens (tertiary/aromatic N) is 2. The van der Waals surface area contributed by atoms with Gasteiger partial charge in [0.25, 0.3) is 0 Å². The Kier molecular flexibility index (Phi) is 3.97. The molecule has 0 fully saturated rings. The third kappa shape index (κ3) is 2.96. The van der Waals surface area contributed by atoms with E-state index in [4.69, 9.17) is 10.6 Å². The molecule has 0 aliphatic heterocycles. The van der Waals surface area contributed by atoms with Crippen LogP contribution in [0.1, 0.15) is 11.3 Å². The van der Waals surface area contributed by atoms with Crippen molar-refractivity contribution < 1.29 is 9.13 Å². The average Bonchev–Trinajstić information content (AvgIpc) is 2.79. The quantitative estimate of drug-likeness (QED) is 0.627. The standard InChI is InChI=1S/C10H11FN4OS/c11-8-4-2-1-3-7(8)5-16-6-9-10(13-12)17-15-14-9/h1-4,13H,5-6,12H2. The fourth-order valence-electron chi connectivity index (χ4n) is 1.29. The molecule has 2 rings (SSSR count). The van der Waals surface area contributed by atoms with Crippen LogP contribution in [0.2, 0.25) is 0 Å². The molecule has 7 heteroatoms. The molecule has 3 N–H and O–H groups in total. The van der Waals surface area contributed by atoms with Crippen molar-refractivity contribution in [2.24, 2.45) is 5.84 Å². The Hall–Kier alpha value is -1.57. The van der Waals surface area contributed by atoms with E-state index in [2.05, 4.69) is 15.0 Å². The van der Waals surface area contributed by atoms with Crippen LogP contribution in [0, 0.1) is 5.82 Å². The van der Waals surface area contributed by atoms with E-state index in [-0.39, 0.29) is 19.0 Å². The van der Waals surface area contributed by atoms with Gasteiger partial charge in [-0.25, -0.2) is 10.2 Å². The van der Waals surface area contributed by atoms with E-state index in [9.17, 15) is 4.39 Å². The SMILES string of the molecule is NNc1snnc1COCc1ccccc1F. The van der Waals surface area contributed by atoms with Crippen molar-refractivity contribution in [2.75, 3.05) is 5.43 Å². The van der Waals surface area contributed by atoms with Gasteiger partial charge >= 0.3 is 0 Å². The molecular formula is C10H11FN4OS. The van der Waals surface area contributed by atoms with Crippen molar-refractivity contribution in [3.63, 3.8) is 0 Å². The minimum atomic E-state index is -0.277. The van der Waals surface area contributed by atoms with E-state index in [0.29, 0.717) is 16.3 Å². The molecule has 1 aromatic carbocycles. The van der Waals surface area contributed by atoms with Crippen molar-refractivity contribution in [1.82, 2.24) is 9.59 Å². The predicted octanol–water partition coefficient (Wildman–Crippen LogP) is 1.68. The maximum Gasteiger partial charge on any atom is 0.149 e. The highest BCUT2D eigenvalue weighted by Crippen LogP contribution is 2.17. The monoisotopic (exact) mass is 254 g/mol. The van der Waals surface area contributed by atoms with Crippen molar-refractivity contribution >= 4 is 16.5 Å². The Labute approximate surface area is 102 Å². The summed E-state index contributed by atoms with van der Waals surface area (Å²) in [5.74, 6) is 4.99. The number of ether oxygens (including phenoxy) is 1. The highest BCUT2D eigenvalue weighted by Gasteiger charge is 2.07. The first kappa shape index (κ1) is 11.9. The normalized spacial score (nSPS) is 10.5. The van der Waals surface area contributed by atoms with Gasteiger partial charge in [0.05, 0.1) is 13.2 Å². The molecule has 0 radical (unpaired) electrons. The molecule has 0 unspecified atom stereocenters. The zero-order chi connectivity index (χ0) is 12.1. The molecule has 0 aliphatic rings. The van der Waals surface area contributed by atoms with Crippen molar-refractivity contribution in [1.29, 1.82) is 0 Å². The van der Waals surface area contributed by atoms with Crippen LogP contribution >= 0.6 is 11.5 Å². The van der Waals surface area contributed by atoms with Crippen LogP contribution < -0.4 is 11.3 Å². The molecule has 90 valence electrons. The lowest BCUT2D eigenvalue weighted by molar-refractivity contribution is 0.102. The van der Waals surface area contributed by atoms with Crippen molar-refractivity contribution in [3.05, 3.63) is 41.3 Å². The first-order valence-electron chi connectivity index (χ1n) is 4.90. The molecule has 0 saturated heterocycles. The van der Waals surface area contributed by atoms with Gasteiger partial charge in [-0.2, -0.15) is 0 Å². The summed E-state index contributed by atoms with van der Waals surface area (Å²) >= 11 is 1.15. The summed E-state index contributed by atoms with van der Waals surface area (Å²) < 4.78 is 22.3. The molecule has 1 aromatic heterocycles. The van der Waals surface area contributed by atoms with Crippen LogP contribution in [0.4, 0.5) is 9.39 Å². The van der Waals surface area contributed by atoms with Crippen LogP contribution in [-0.2, 0) is 18.0 Å². The lowest BCUT2D eigenvalue weighted by atomic mass is 10.2. The second-order valence-electron chi connectivity index (χ2n) is 3.28. The second kappa shape index (κ2) is 5.67. The average molecular weight is 254 g/mol. The Morgan fingerprint density at radius 1 is 1.35 bits per heavy atom. The van der Waals surface area contributed by atoms with Crippen LogP contribution in [0.25, 0.3) is 0 Å². The Balaban J connectivity index is 1.90. The number of nitrogens with two attached hydrogens (primary N) is 1. The fourth-order valence-corrected chi connectivity index (χ4v) is 1.76. The zero-order valence-corrected chi connectivity index (χ0v) is 9.71. The van der Waals surface area contributed by atoms with Gasteiger partial charge in [0.15, 0.2) is 0 Å². The van der Waals surface area contributed by atoms with E-state index in [0.717, 1.165) is 11.5 Å². The number of anilines is 1. The van der Waals surface area contributed by atoms with E-state index in [1.54, 1.807) is 18.2 Å². The Morgan fingerprint density at radius 3 is 2.94 bits per heavy atom. The number of nitrogens with one attached hydrogen (secondary N) is 1. The molecule has 0 bridgehead atoms. The van der Waals surface area contributed by atoms with E-state index < -0.39 is 0 Å².